The van der Waals surface area contributed by atoms with Crippen LogP contribution in [0.5, 0.6) is 0 Å². The van der Waals surface area contributed by atoms with Gasteiger partial charge in [-0.2, -0.15) is 17.6 Å². The second-order valence-electron chi connectivity index (χ2n) is 7.71. The van der Waals surface area contributed by atoms with Crippen molar-refractivity contribution in [2.45, 2.75) is 42.0 Å². The Labute approximate surface area is 179 Å². The molecule has 0 amide bonds. The normalized spacial score (nSPS) is 24.4. The number of benzene rings is 1. The minimum atomic E-state index is -4.83. The van der Waals surface area contributed by atoms with Gasteiger partial charge in [-0.1, -0.05) is 11.3 Å². The summed E-state index contributed by atoms with van der Waals surface area (Å²) in [6, 6.07) is 2.59. The molecule has 0 aliphatic carbocycles. The summed E-state index contributed by atoms with van der Waals surface area (Å²) in [5.41, 5.74) is -1.98. The van der Waals surface area contributed by atoms with Crippen molar-refractivity contribution in [3.05, 3.63) is 35.1 Å². The van der Waals surface area contributed by atoms with Crippen molar-refractivity contribution in [2.75, 3.05) is 29.7 Å². The Morgan fingerprint density at radius 2 is 2.10 bits per heavy atom. The molecule has 0 saturated carbocycles. The number of rotatable bonds is 6. The third kappa shape index (κ3) is 4.48. The van der Waals surface area contributed by atoms with Gasteiger partial charge in [-0.3, -0.25) is 9.62 Å². The molecule has 0 radical (unpaired) electrons. The summed E-state index contributed by atoms with van der Waals surface area (Å²) in [4.78, 5) is 4.84. The Morgan fingerprint density at radius 1 is 1.32 bits per heavy atom. The van der Waals surface area contributed by atoms with Gasteiger partial charge in [0.05, 0.1) is 16.7 Å². The fraction of sp³-hybridized carbons (Fsp3) is 0.500. The standard InChI is InChI=1S/C18H19F5N4O2S2/c19-11-7-17(4-1-5-27(17)9-11)10-25-14-3-2-12(6-13(14)18(21,22)23)31(28,29)26-16-24-8-15(20)30-16/h2-3,6,8,11,25H,1,4-5,7,9-10H2,(H,24,26)/t11-,17+/m0/s1. The zero-order chi connectivity index (χ0) is 22.4. The van der Waals surface area contributed by atoms with E-state index in [1.165, 1.54) is 0 Å². The Morgan fingerprint density at radius 3 is 2.77 bits per heavy atom. The molecule has 0 bridgehead atoms. The number of anilines is 2. The highest BCUT2D eigenvalue weighted by atomic mass is 32.2. The molecule has 0 spiro atoms. The minimum Gasteiger partial charge on any atom is -0.383 e. The van der Waals surface area contributed by atoms with Crippen LogP contribution < -0.4 is 10.0 Å². The number of fused-ring (bicyclic) bond motifs is 1. The third-order valence-corrected chi connectivity index (χ3v) is 7.84. The predicted octanol–water partition coefficient (Wildman–Crippen LogP) is 4.09. The fourth-order valence-electron chi connectivity index (χ4n) is 4.31. The SMILES string of the molecule is O=S(=O)(Nc1ncc(F)s1)c1ccc(NC[C@]23CCCN2C[C@@H](F)C3)c(C(F)(F)F)c1. The number of hydrogen-bond acceptors (Lipinski definition) is 6. The number of hydrogen-bond donors (Lipinski definition) is 2. The van der Waals surface area contributed by atoms with Crippen molar-refractivity contribution in [3.8, 4) is 0 Å². The third-order valence-electron chi connectivity index (χ3n) is 5.67. The number of nitrogens with one attached hydrogen (secondary N) is 2. The lowest BCUT2D eigenvalue weighted by molar-refractivity contribution is -0.137. The lowest BCUT2D eigenvalue weighted by Gasteiger charge is -2.32. The van der Waals surface area contributed by atoms with Crippen LogP contribution in [0.25, 0.3) is 0 Å². The van der Waals surface area contributed by atoms with Crippen LogP contribution in [0.2, 0.25) is 0 Å². The van der Waals surface area contributed by atoms with Gasteiger partial charge in [0.25, 0.3) is 10.0 Å². The Kier molecular flexibility index (Phi) is 5.63. The average Bonchev–Trinajstić information content (AvgIpc) is 3.32. The summed E-state index contributed by atoms with van der Waals surface area (Å²) >= 11 is 0.415. The van der Waals surface area contributed by atoms with E-state index in [2.05, 4.69) is 10.3 Å². The van der Waals surface area contributed by atoms with E-state index < -0.39 is 43.5 Å². The molecule has 13 heteroatoms. The molecule has 2 aromatic rings. The van der Waals surface area contributed by atoms with Crippen LogP contribution in [-0.4, -0.2) is 49.6 Å². The van der Waals surface area contributed by atoms with E-state index in [1.54, 1.807) is 0 Å². The molecule has 2 aliphatic heterocycles. The van der Waals surface area contributed by atoms with Crippen LogP contribution >= 0.6 is 11.3 Å². The number of alkyl halides is 4. The Bertz CT molecular complexity index is 1080. The number of aromatic nitrogens is 1. The summed E-state index contributed by atoms with van der Waals surface area (Å²) in [7, 11) is -4.41. The molecule has 1 aromatic carbocycles. The molecule has 2 N–H and O–H groups in total. The highest BCUT2D eigenvalue weighted by Gasteiger charge is 2.48. The monoisotopic (exact) mass is 482 g/mol. The maximum Gasteiger partial charge on any atom is 0.418 e. The summed E-state index contributed by atoms with van der Waals surface area (Å²) in [5.74, 6) is 0. The minimum absolute atomic E-state index is 0.124. The van der Waals surface area contributed by atoms with Gasteiger partial charge in [-0.25, -0.2) is 17.8 Å². The van der Waals surface area contributed by atoms with Crippen molar-refractivity contribution < 1.29 is 30.4 Å². The molecule has 2 aliphatic rings. The number of nitrogens with zero attached hydrogens (tertiary/aromatic N) is 2. The number of sulfonamides is 1. The quantitative estimate of drug-likeness (QED) is 0.607. The van der Waals surface area contributed by atoms with Crippen molar-refractivity contribution in [3.63, 3.8) is 0 Å². The predicted molar refractivity (Wildman–Crippen MR) is 106 cm³/mol. The first kappa shape index (κ1) is 22.2. The van der Waals surface area contributed by atoms with Gasteiger partial charge in [0.15, 0.2) is 10.3 Å². The first-order chi connectivity index (χ1) is 14.5. The second-order valence-corrected chi connectivity index (χ2v) is 10.4. The Balaban J connectivity index is 1.59. The molecule has 170 valence electrons. The van der Waals surface area contributed by atoms with Gasteiger partial charge < -0.3 is 5.32 Å². The molecule has 1 aromatic heterocycles. The van der Waals surface area contributed by atoms with E-state index in [4.69, 9.17) is 0 Å². The van der Waals surface area contributed by atoms with E-state index >= 15 is 0 Å². The number of thiazole rings is 1. The highest BCUT2D eigenvalue weighted by molar-refractivity contribution is 7.93. The topological polar surface area (TPSA) is 74.3 Å². The summed E-state index contributed by atoms with van der Waals surface area (Å²) in [6.45, 7) is 1.10. The second kappa shape index (κ2) is 7.85. The van der Waals surface area contributed by atoms with E-state index in [9.17, 15) is 30.4 Å². The molecular weight excluding hydrogens is 463 g/mol. The smallest absolute Gasteiger partial charge is 0.383 e. The molecule has 6 nitrogen and oxygen atoms in total. The maximum atomic E-state index is 13.9. The van der Waals surface area contributed by atoms with Gasteiger partial charge in [0.2, 0.25) is 0 Å². The zero-order valence-electron chi connectivity index (χ0n) is 16.0. The van der Waals surface area contributed by atoms with Crippen molar-refractivity contribution >= 4 is 32.2 Å². The fourth-order valence-corrected chi connectivity index (χ4v) is 6.13. The van der Waals surface area contributed by atoms with Gasteiger partial charge in [-0.15, -0.1) is 0 Å². The molecule has 2 fully saturated rings. The lowest BCUT2D eigenvalue weighted by atomic mass is 9.93. The molecule has 2 atom stereocenters. The van der Waals surface area contributed by atoms with Crippen molar-refractivity contribution in [1.29, 1.82) is 0 Å². The first-order valence-electron chi connectivity index (χ1n) is 9.47. The molecule has 2 saturated heterocycles. The maximum absolute atomic E-state index is 13.9. The van der Waals surface area contributed by atoms with Crippen molar-refractivity contribution in [1.82, 2.24) is 9.88 Å². The summed E-state index contributed by atoms with van der Waals surface area (Å²) in [6.07, 6.45) is -3.26. The van der Waals surface area contributed by atoms with Gasteiger partial charge in [0.1, 0.15) is 6.17 Å². The van der Waals surface area contributed by atoms with E-state index in [0.717, 1.165) is 24.8 Å². The van der Waals surface area contributed by atoms with E-state index in [1.807, 2.05) is 9.62 Å². The summed E-state index contributed by atoms with van der Waals surface area (Å²) < 4.78 is 94.9. The van der Waals surface area contributed by atoms with Crippen LogP contribution in [0.3, 0.4) is 0 Å². The van der Waals surface area contributed by atoms with Gasteiger partial charge >= 0.3 is 6.18 Å². The lowest BCUT2D eigenvalue weighted by Crippen LogP contribution is -2.44. The Hall–Kier alpha value is -1.99. The van der Waals surface area contributed by atoms with Gasteiger partial charge in [-0.05, 0) is 44.0 Å². The van der Waals surface area contributed by atoms with Crippen LogP contribution in [-0.2, 0) is 16.2 Å². The van der Waals surface area contributed by atoms with Crippen LogP contribution in [0.15, 0.2) is 29.3 Å². The molecular formula is C18H19F5N4O2S2. The average molecular weight is 483 g/mol. The van der Waals surface area contributed by atoms with Crippen LogP contribution in [0.1, 0.15) is 24.8 Å². The van der Waals surface area contributed by atoms with Crippen LogP contribution in [0.4, 0.5) is 32.8 Å². The van der Waals surface area contributed by atoms with E-state index in [0.29, 0.717) is 30.4 Å². The first-order valence-corrected chi connectivity index (χ1v) is 11.8. The molecule has 31 heavy (non-hydrogen) atoms. The molecule has 3 heterocycles. The molecule has 4 rings (SSSR count). The van der Waals surface area contributed by atoms with Gasteiger partial charge in [0, 0.05) is 24.3 Å². The van der Waals surface area contributed by atoms with E-state index in [-0.39, 0.29) is 30.3 Å². The zero-order valence-corrected chi connectivity index (χ0v) is 17.7. The highest BCUT2D eigenvalue weighted by Crippen LogP contribution is 2.42. The van der Waals surface area contributed by atoms with Crippen molar-refractivity contribution in [2.24, 2.45) is 0 Å². The van der Waals surface area contributed by atoms with Crippen LogP contribution in [0, 0.1) is 5.13 Å². The molecule has 0 unspecified atom stereocenters. The number of halogens is 5. The summed E-state index contributed by atoms with van der Waals surface area (Å²) in [5, 5.41) is 1.74. The largest absolute Gasteiger partial charge is 0.418 e.